The number of hydrogen-bond donors (Lipinski definition) is 0. The van der Waals surface area contributed by atoms with Crippen LogP contribution in [-0.2, 0) is 14.3 Å². The normalized spacial score (nSPS) is 30.0. The molecule has 3 aliphatic heterocycles. The van der Waals surface area contributed by atoms with Crippen molar-refractivity contribution in [3.63, 3.8) is 0 Å². The van der Waals surface area contributed by atoms with E-state index in [4.69, 9.17) is 9.47 Å². The Hall–Kier alpha value is -1.59. The minimum absolute atomic E-state index is 0.160. The average Bonchev–Trinajstić information content (AvgIpc) is 3.16. The summed E-state index contributed by atoms with van der Waals surface area (Å²) in [5.41, 5.74) is 2.29. The topological polar surface area (TPSA) is 42.0 Å². The van der Waals surface area contributed by atoms with Crippen LogP contribution in [0.15, 0.2) is 24.3 Å². The molecule has 0 N–H and O–H groups in total. The molecule has 4 rings (SSSR count). The van der Waals surface area contributed by atoms with Gasteiger partial charge in [-0.25, -0.2) is 0 Å². The van der Waals surface area contributed by atoms with Gasteiger partial charge in [-0.1, -0.05) is 12.1 Å². The van der Waals surface area contributed by atoms with Gasteiger partial charge >= 0.3 is 0 Å². The van der Waals surface area contributed by atoms with E-state index >= 15 is 0 Å². The van der Waals surface area contributed by atoms with Crippen LogP contribution in [0, 0.1) is 6.92 Å². The number of morpholine rings is 1. The molecule has 1 aromatic carbocycles. The maximum Gasteiger partial charge on any atom is 0.251 e. The summed E-state index contributed by atoms with van der Waals surface area (Å²) in [6, 6.07) is 8.64. The molecule has 0 saturated carbocycles. The molecule has 2 atom stereocenters. The van der Waals surface area contributed by atoms with Crippen molar-refractivity contribution in [2.45, 2.75) is 44.3 Å². The first-order valence-electron chi connectivity index (χ1n) is 9.51. The summed E-state index contributed by atoms with van der Waals surface area (Å²) < 4.78 is 11.9. The Kier molecular flexibility index (Phi) is 4.69. The summed E-state index contributed by atoms with van der Waals surface area (Å²) in [5, 5.41) is 0. The van der Waals surface area contributed by atoms with Crippen LogP contribution in [-0.4, -0.2) is 61.9 Å². The van der Waals surface area contributed by atoms with Crippen LogP contribution in [0.2, 0.25) is 0 Å². The van der Waals surface area contributed by atoms with Crippen LogP contribution >= 0.6 is 0 Å². The van der Waals surface area contributed by atoms with Gasteiger partial charge in [0, 0.05) is 31.9 Å². The molecular formula is C20H28N2O3. The minimum Gasteiger partial charge on any atom is -0.369 e. The number of carbonyl (C=O) groups is 1. The fraction of sp³-hybridized carbons (Fsp3) is 0.650. The van der Waals surface area contributed by atoms with Crippen molar-refractivity contribution < 1.29 is 14.3 Å². The molecule has 3 heterocycles. The van der Waals surface area contributed by atoms with E-state index in [2.05, 4.69) is 36.1 Å². The zero-order valence-corrected chi connectivity index (χ0v) is 15.1. The van der Waals surface area contributed by atoms with Crippen molar-refractivity contribution in [1.82, 2.24) is 4.90 Å². The molecule has 0 unspecified atom stereocenters. The monoisotopic (exact) mass is 344 g/mol. The van der Waals surface area contributed by atoms with Crippen LogP contribution in [0.5, 0.6) is 0 Å². The van der Waals surface area contributed by atoms with Gasteiger partial charge in [-0.2, -0.15) is 0 Å². The zero-order valence-electron chi connectivity index (χ0n) is 15.1. The highest BCUT2D eigenvalue weighted by atomic mass is 16.5. The van der Waals surface area contributed by atoms with Gasteiger partial charge in [-0.3, -0.25) is 4.79 Å². The van der Waals surface area contributed by atoms with E-state index in [1.807, 2.05) is 4.90 Å². The molecule has 25 heavy (non-hydrogen) atoms. The second kappa shape index (κ2) is 6.96. The van der Waals surface area contributed by atoms with E-state index in [1.54, 1.807) is 0 Å². The first-order chi connectivity index (χ1) is 12.2. The number of benzene rings is 1. The van der Waals surface area contributed by atoms with Crippen LogP contribution in [0.3, 0.4) is 0 Å². The molecule has 0 aromatic heterocycles. The molecule has 0 radical (unpaired) electrons. The highest BCUT2D eigenvalue weighted by Gasteiger charge is 2.43. The van der Waals surface area contributed by atoms with Crippen molar-refractivity contribution in [1.29, 1.82) is 0 Å². The van der Waals surface area contributed by atoms with Crippen molar-refractivity contribution in [3.8, 4) is 0 Å². The lowest BCUT2D eigenvalue weighted by Gasteiger charge is -2.49. The average molecular weight is 344 g/mol. The molecular weight excluding hydrogens is 316 g/mol. The number of amides is 1. The third-order valence-corrected chi connectivity index (χ3v) is 5.67. The van der Waals surface area contributed by atoms with Gasteiger partial charge in [0.15, 0.2) is 0 Å². The van der Waals surface area contributed by atoms with E-state index in [-0.39, 0.29) is 17.6 Å². The second-order valence-corrected chi connectivity index (χ2v) is 7.66. The standard InChI is InChI=1S/C20H28N2O3/c1-16-5-2-6-17(13-16)21-9-4-8-20(14-21)15-22(10-12-25-20)19(23)18-7-3-11-24-18/h2,5-6,13,18H,3-4,7-12,14-15H2,1H3/t18-,20-/m1/s1. The van der Waals surface area contributed by atoms with E-state index < -0.39 is 0 Å². The Morgan fingerprint density at radius 3 is 2.92 bits per heavy atom. The lowest BCUT2D eigenvalue weighted by molar-refractivity contribution is -0.160. The number of carbonyl (C=O) groups excluding carboxylic acids is 1. The van der Waals surface area contributed by atoms with E-state index in [0.717, 1.165) is 38.8 Å². The van der Waals surface area contributed by atoms with Crippen molar-refractivity contribution in [2.24, 2.45) is 0 Å². The Bertz CT molecular complexity index is 625. The maximum absolute atomic E-state index is 12.8. The molecule has 3 fully saturated rings. The van der Waals surface area contributed by atoms with Gasteiger partial charge in [0.1, 0.15) is 11.7 Å². The molecule has 0 bridgehead atoms. The largest absolute Gasteiger partial charge is 0.369 e. The van der Waals surface area contributed by atoms with Crippen LogP contribution in [0.1, 0.15) is 31.2 Å². The smallest absolute Gasteiger partial charge is 0.251 e. The third kappa shape index (κ3) is 3.53. The maximum atomic E-state index is 12.8. The fourth-order valence-electron chi connectivity index (χ4n) is 4.40. The Morgan fingerprint density at radius 2 is 2.12 bits per heavy atom. The second-order valence-electron chi connectivity index (χ2n) is 7.66. The highest BCUT2D eigenvalue weighted by molar-refractivity contribution is 5.81. The summed E-state index contributed by atoms with van der Waals surface area (Å²) in [4.78, 5) is 17.2. The lowest BCUT2D eigenvalue weighted by atomic mass is 9.90. The molecule has 5 heteroatoms. The fourth-order valence-corrected chi connectivity index (χ4v) is 4.40. The molecule has 5 nitrogen and oxygen atoms in total. The van der Waals surface area contributed by atoms with Crippen molar-refractivity contribution in [3.05, 3.63) is 29.8 Å². The first kappa shape index (κ1) is 16.9. The number of nitrogens with zero attached hydrogens (tertiary/aromatic N) is 2. The quantitative estimate of drug-likeness (QED) is 0.826. The predicted octanol–water partition coefficient (Wildman–Crippen LogP) is 2.37. The minimum atomic E-state index is -0.242. The van der Waals surface area contributed by atoms with Gasteiger partial charge in [0.2, 0.25) is 0 Å². The van der Waals surface area contributed by atoms with E-state index in [1.165, 1.54) is 11.3 Å². The molecule has 1 spiro atoms. The molecule has 136 valence electrons. The highest BCUT2D eigenvalue weighted by Crippen LogP contribution is 2.32. The van der Waals surface area contributed by atoms with Crippen LogP contribution in [0.25, 0.3) is 0 Å². The van der Waals surface area contributed by atoms with Gasteiger partial charge < -0.3 is 19.3 Å². The molecule has 0 aliphatic carbocycles. The summed E-state index contributed by atoms with van der Waals surface area (Å²) in [6.45, 7) is 6.74. The Labute approximate surface area is 149 Å². The molecule has 1 amide bonds. The lowest BCUT2D eigenvalue weighted by Crippen LogP contribution is -2.61. The zero-order chi connectivity index (χ0) is 17.3. The summed E-state index contributed by atoms with van der Waals surface area (Å²) in [7, 11) is 0. The van der Waals surface area contributed by atoms with E-state index in [9.17, 15) is 4.79 Å². The van der Waals surface area contributed by atoms with E-state index in [0.29, 0.717) is 26.3 Å². The summed E-state index contributed by atoms with van der Waals surface area (Å²) in [5.74, 6) is 0.160. The number of ether oxygens (including phenoxy) is 2. The number of aryl methyl sites for hydroxylation is 1. The number of rotatable bonds is 2. The Balaban J connectivity index is 1.47. The number of anilines is 1. The molecule has 3 aliphatic rings. The Morgan fingerprint density at radius 1 is 1.20 bits per heavy atom. The summed E-state index contributed by atoms with van der Waals surface area (Å²) in [6.07, 6.45) is 3.73. The van der Waals surface area contributed by atoms with Crippen LogP contribution < -0.4 is 4.90 Å². The van der Waals surface area contributed by atoms with Gasteiger partial charge in [-0.15, -0.1) is 0 Å². The number of piperidine rings is 1. The SMILES string of the molecule is Cc1cccc(N2CCC[C@]3(CN(C(=O)[C@H]4CCCO4)CCO3)C2)c1. The van der Waals surface area contributed by atoms with Gasteiger partial charge in [0.25, 0.3) is 5.91 Å². The summed E-state index contributed by atoms with van der Waals surface area (Å²) >= 11 is 0. The third-order valence-electron chi connectivity index (χ3n) is 5.67. The number of hydrogen-bond acceptors (Lipinski definition) is 4. The molecule has 3 saturated heterocycles. The first-order valence-corrected chi connectivity index (χ1v) is 9.51. The van der Waals surface area contributed by atoms with Crippen molar-refractivity contribution in [2.75, 3.05) is 44.3 Å². The predicted molar refractivity (Wildman–Crippen MR) is 96.9 cm³/mol. The van der Waals surface area contributed by atoms with Crippen molar-refractivity contribution >= 4 is 11.6 Å². The molecule has 1 aromatic rings. The van der Waals surface area contributed by atoms with Gasteiger partial charge in [0.05, 0.1) is 13.2 Å². The van der Waals surface area contributed by atoms with Crippen LogP contribution in [0.4, 0.5) is 5.69 Å². The van der Waals surface area contributed by atoms with Gasteiger partial charge in [-0.05, 0) is 50.3 Å².